The van der Waals surface area contributed by atoms with E-state index in [4.69, 9.17) is 18.9 Å². The minimum atomic E-state index is -0.847. The molecule has 0 saturated heterocycles. The largest absolute Gasteiger partial charge is 0.478 e. The summed E-state index contributed by atoms with van der Waals surface area (Å²) in [4.78, 5) is 32.6. The van der Waals surface area contributed by atoms with Crippen LogP contribution in [-0.2, 0) is 9.53 Å². The first-order chi connectivity index (χ1) is 19.2. The molecule has 2 aromatic heterocycles. The number of aromatic nitrogens is 2. The Balaban J connectivity index is 1.63. The monoisotopic (exact) mass is 602 g/mol. The van der Waals surface area contributed by atoms with Crippen molar-refractivity contribution in [3.8, 4) is 17.3 Å². The molecule has 0 saturated carbocycles. The van der Waals surface area contributed by atoms with E-state index in [2.05, 4.69) is 21.0 Å². The van der Waals surface area contributed by atoms with E-state index in [-0.39, 0.29) is 18.0 Å². The Hall–Kier alpha value is -4.44. The van der Waals surface area contributed by atoms with Gasteiger partial charge in [0.15, 0.2) is 11.9 Å². The van der Waals surface area contributed by atoms with Gasteiger partial charge in [0.25, 0.3) is 5.56 Å². The zero-order valence-electron chi connectivity index (χ0n) is 22.4. The van der Waals surface area contributed by atoms with Gasteiger partial charge in [-0.25, -0.2) is 9.78 Å². The average molecular weight is 603 g/mol. The summed E-state index contributed by atoms with van der Waals surface area (Å²) < 4.78 is 19.3. The standard InChI is InChI=1S/C30H27BrN4O5/c1-5-38-30(37)18(2)39-26-16-22(34(3)4)12-10-19(26)17-32-35-28(33-24-9-7-6-8-23(24)29(35)36)27-15-20-14-21(31)11-13-25(20)40-27/h6-18H,5H2,1-4H3/t18-/m1/s1. The number of hydrogen-bond acceptors (Lipinski definition) is 8. The van der Waals surface area contributed by atoms with E-state index < -0.39 is 12.1 Å². The number of rotatable bonds is 8. The molecule has 0 bridgehead atoms. The van der Waals surface area contributed by atoms with Crippen molar-refractivity contribution in [2.75, 3.05) is 25.6 Å². The fraction of sp³-hybridized carbons (Fsp3) is 0.200. The second kappa shape index (κ2) is 11.4. The lowest BCUT2D eigenvalue weighted by Crippen LogP contribution is -2.26. The van der Waals surface area contributed by atoms with Gasteiger partial charge in [-0.2, -0.15) is 9.78 Å². The number of esters is 1. The van der Waals surface area contributed by atoms with Gasteiger partial charge in [0.05, 0.1) is 23.7 Å². The van der Waals surface area contributed by atoms with Gasteiger partial charge in [-0.05, 0) is 62.4 Å². The van der Waals surface area contributed by atoms with Crippen LogP contribution in [0.15, 0.2) is 85.5 Å². The molecule has 0 aliphatic carbocycles. The fourth-order valence-electron chi connectivity index (χ4n) is 4.14. The van der Waals surface area contributed by atoms with Crippen LogP contribution in [0.25, 0.3) is 33.5 Å². The molecule has 204 valence electrons. The summed E-state index contributed by atoms with van der Waals surface area (Å²) in [6.07, 6.45) is 0.660. The van der Waals surface area contributed by atoms with E-state index in [0.29, 0.717) is 33.6 Å². The second-order valence-corrected chi connectivity index (χ2v) is 10.2. The number of furan rings is 1. The lowest BCUT2D eigenvalue weighted by Gasteiger charge is -2.18. The third-order valence-corrected chi connectivity index (χ3v) is 6.69. The van der Waals surface area contributed by atoms with Gasteiger partial charge in [0.2, 0.25) is 5.82 Å². The van der Waals surface area contributed by atoms with Crippen molar-refractivity contribution in [2.24, 2.45) is 5.10 Å². The van der Waals surface area contributed by atoms with Crippen molar-refractivity contribution in [3.63, 3.8) is 0 Å². The van der Waals surface area contributed by atoms with Crippen LogP contribution in [0.3, 0.4) is 0 Å². The SMILES string of the molecule is CCOC(=O)[C@@H](C)Oc1cc(N(C)C)ccc1C=Nn1c(-c2cc3cc(Br)ccc3o2)nc2ccccc2c1=O. The number of anilines is 1. The predicted molar refractivity (Wildman–Crippen MR) is 159 cm³/mol. The molecule has 5 aromatic rings. The highest BCUT2D eigenvalue weighted by Crippen LogP contribution is 2.30. The molecule has 0 unspecified atom stereocenters. The third kappa shape index (κ3) is 5.48. The molecule has 1 atom stereocenters. The van der Waals surface area contributed by atoms with Gasteiger partial charge < -0.3 is 18.8 Å². The molecular weight excluding hydrogens is 576 g/mol. The Morgan fingerprint density at radius 2 is 1.95 bits per heavy atom. The van der Waals surface area contributed by atoms with E-state index in [1.165, 1.54) is 10.9 Å². The Labute approximate surface area is 238 Å². The Morgan fingerprint density at radius 3 is 2.73 bits per heavy atom. The summed E-state index contributed by atoms with van der Waals surface area (Å²) in [5.41, 5.74) is 2.24. The molecule has 5 rings (SSSR count). The maximum Gasteiger partial charge on any atom is 0.347 e. The molecule has 10 heteroatoms. The summed E-state index contributed by atoms with van der Waals surface area (Å²) in [5, 5.41) is 5.82. The lowest BCUT2D eigenvalue weighted by molar-refractivity contribution is -0.150. The van der Waals surface area contributed by atoms with Crippen molar-refractivity contribution >= 4 is 55.7 Å². The highest BCUT2D eigenvalue weighted by atomic mass is 79.9. The highest BCUT2D eigenvalue weighted by Gasteiger charge is 2.19. The van der Waals surface area contributed by atoms with Crippen molar-refractivity contribution in [1.82, 2.24) is 9.66 Å². The van der Waals surface area contributed by atoms with Crippen LogP contribution in [0.1, 0.15) is 19.4 Å². The predicted octanol–water partition coefficient (Wildman–Crippen LogP) is 5.85. The number of halogens is 1. The lowest BCUT2D eigenvalue weighted by atomic mass is 10.2. The molecule has 40 heavy (non-hydrogen) atoms. The quantitative estimate of drug-likeness (QED) is 0.162. The average Bonchev–Trinajstić information content (AvgIpc) is 3.36. The van der Waals surface area contributed by atoms with E-state index in [1.54, 1.807) is 38.1 Å². The summed E-state index contributed by atoms with van der Waals surface area (Å²) >= 11 is 3.48. The minimum Gasteiger partial charge on any atom is -0.478 e. The molecule has 0 fully saturated rings. The Bertz CT molecular complexity index is 1810. The zero-order valence-corrected chi connectivity index (χ0v) is 24.0. The van der Waals surface area contributed by atoms with Crippen LogP contribution >= 0.6 is 15.9 Å². The van der Waals surface area contributed by atoms with Crippen LogP contribution in [0.4, 0.5) is 5.69 Å². The van der Waals surface area contributed by atoms with Crippen LogP contribution in [0.5, 0.6) is 5.75 Å². The molecule has 0 aliphatic heterocycles. The van der Waals surface area contributed by atoms with Crippen LogP contribution < -0.4 is 15.2 Å². The molecule has 3 aromatic carbocycles. The molecule has 0 spiro atoms. The smallest absolute Gasteiger partial charge is 0.347 e. The summed E-state index contributed by atoms with van der Waals surface area (Å²) in [7, 11) is 3.81. The number of benzene rings is 3. The molecule has 9 nitrogen and oxygen atoms in total. The summed E-state index contributed by atoms with van der Waals surface area (Å²) in [6.45, 7) is 3.61. The maximum absolute atomic E-state index is 13.6. The molecular formula is C30H27BrN4O5. The number of nitrogens with zero attached hydrogens (tertiary/aromatic N) is 4. The summed E-state index contributed by atoms with van der Waals surface area (Å²) in [5.74, 6) is 0.574. The molecule has 0 amide bonds. The van der Waals surface area contributed by atoms with Crippen molar-refractivity contribution < 1.29 is 18.7 Å². The molecule has 0 aliphatic rings. The first-order valence-corrected chi connectivity index (χ1v) is 13.4. The van der Waals surface area contributed by atoms with Crippen LogP contribution in [-0.4, -0.2) is 48.7 Å². The van der Waals surface area contributed by atoms with Gasteiger partial charge in [-0.1, -0.05) is 28.1 Å². The maximum atomic E-state index is 13.6. The first-order valence-electron chi connectivity index (χ1n) is 12.7. The van der Waals surface area contributed by atoms with Gasteiger partial charge in [-0.3, -0.25) is 4.79 Å². The van der Waals surface area contributed by atoms with Crippen LogP contribution in [0.2, 0.25) is 0 Å². The number of fused-ring (bicyclic) bond motifs is 2. The van der Waals surface area contributed by atoms with Gasteiger partial charge >= 0.3 is 5.97 Å². The number of ether oxygens (including phenoxy) is 2. The fourth-order valence-corrected chi connectivity index (χ4v) is 4.52. The number of carbonyl (C=O) groups is 1. The summed E-state index contributed by atoms with van der Waals surface area (Å²) in [6, 6.07) is 20.1. The van der Waals surface area contributed by atoms with E-state index >= 15 is 0 Å². The van der Waals surface area contributed by atoms with E-state index in [9.17, 15) is 9.59 Å². The van der Waals surface area contributed by atoms with E-state index in [0.717, 1.165) is 15.5 Å². The molecule has 0 radical (unpaired) electrons. The number of carbonyl (C=O) groups excluding carboxylic acids is 1. The zero-order chi connectivity index (χ0) is 28.4. The normalized spacial score (nSPS) is 12.2. The third-order valence-electron chi connectivity index (χ3n) is 6.20. The first kappa shape index (κ1) is 27.1. The highest BCUT2D eigenvalue weighted by molar-refractivity contribution is 9.10. The van der Waals surface area contributed by atoms with Gasteiger partial charge in [-0.15, -0.1) is 0 Å². The van der Waals surface area contributed by atoms with Crippen molar-refractivity contribution in [2.45, 2.75) is 20.0 Å². The Kier molecular flexibility index (Phi) is 7.70. The van der Waals surface area contributed by atoms with Gasteiger partial charge in [0.1, 0.15) is 11.3 Å². The second-order valence-electron chi connectivity index (χ2n) is 9.24. The molecule has 0 N–H and O–H groups in total. The topological polar surface area (TPSA) is 99.2 Å². The number of hydrogen-bond donors (Lipinski definition) is 0. The molecule has 2 heterocycles. The minimum absolute atomic E-state index is 0.248. The van der Waals surface area contributed by atoms with Crippen LogP contribution in [0, 0.1) is 0 Å². The van der Waals surface area contributed by atoms with Gasteiger partial charge in [0, 0.05) is 41.3 Å². The van der Waals surface area contributed by atoms with E-state index in [1.807, 2.05) is 61.5 Å². The van der Waals surface area contributed by atoms with Crippen molar-refractivity contribution in [3.05, 3.63) is 87.1 Å². The van der Waals surface area contributed by atoms with Crippen molar-refractivity contribution in [1.29, 1.82) is 0 Å². The number of para-hydroxylation sites is 1. The Morgan fingerprint density at radius 1 is 1.15 bits per heavy atom.